The standard InChI is InChI=1S/C27H24ClN5O8S/c1-16(34)30-19-5-7-20(8-6-19)32-25(35)15-24(27(32)37)31(13-12-17-2-9-21(10-3-17)42(29,40)41)26(36)18-4-11-22(28)23(14-18)33(38)39/h2-11,14,24H,12-13,15H2,1H3,(H,30,34)(H2,29,40,41). The molecule has 4 rings (SSSR count). The van der Waals surface area contributed by atoms with Crippen LogP contribution >= 0.6 is 11.6 Å². The van der Waals surface area contributed by atoms with Crippen LogP contribution in [0.3, 0.4) is 0 Å². The Labute approximate surface area is 245 Å². The van der Waals surface area contributed by atoms with E-state index in [4.69, 9.17) is 16.7 Å². The van der Waals surface area contributed by atoms with Crippen molar-refractivity contribution in [1.82, 2.24) is 4.90 Å². The molecule has 3 aromatic carbocycles. The van der Waals surface area contributed by atoms with Gasteiger partial charge in [-0.1, -0.05) is 23.7 Å². The fraction of sp³-hybridized carbons (Fsp3) is 0.185. The third-order valence-electron chi connectivity index (χ3n) is 6.49. The minimum Gasteiger partial charge on any atom is -0.326 e. The van der Waals surface area contributed by atoms with Crippen LogP contribution in [0.2, 0.25) is 5.02 Å². The number of carbonyl (C=O) groups is 4. The lowest BCUT2D eigenvalue weighted by Crippen LogP contribution is -2.46. The summed E-state index contributed by atoms with van der Waals surface area (Å²) in [7, 11) is -3.92. The molecular weight excluding hydrogens is 590 g/mol. The molecule has 1 unspecified atom stereocenters. The number of hydrogen-bond donors (Lipinski definition) is 2. The predicted octanol–water partition coefficient (Wildman–Crippen LogP) is 2.87. The minimum atomic E-state index is -3.92. The Balaban J connectivity index is 1.65. The molecule has 42 heavy (non-hydrogen) atoms. The number of primary sulfonamides is 1. The average molecular weight is 614 g/mol. The fourth-order valence-electron chi connectivity index (χ4n) is 4.47. The first-order chi connectivity index (χ1) is 19.8. The molecule has 4 amide bonds. The Morgan fingerprint density at radius 1 is 1.10 bits per heavy atom. The van der Waals surface area contributed by atoms with E-state index in [1.807, 2.05) is 0 Å². The molecule has 0 bridgehead atoms. The Bertz CT molecular complexity index is 1690. The van der Waals surface area contributed by atoms with Gasteiger partial charge in [0.1, 0.15) is 11.1 Å². The van der Waals surface area contributed by atoms with Crippen molar-refractivity contribution in [2.75, 3.05) is 16.8 Å². The number of anilines is 2. The van der Waals surface area contributed by atoms with Crippen LogP contribution in [0.15, 0.2) is 71.6 Å². The summed E-state index contributed by atoms with van der Waals surface area (Å²) < 4.78 is 23.2. The summed E-state index contributed by atoms with van der Waals surface area (Å²) in [5, 5.41) is 19.0. The van der Waals surface area contributed by atoms with E-state index in [9.17, 15) is 37.7 Å². The molecule has 3 N–H and O–H groups in total. The van der Waals surface area contributed by atoms with Gasteiger partial charge in [-0.25, -0.2) is 18.5 Å². The zero-order valence-corrected chi connectivity index (χ0v) is 23.6. The SMILES string of the molecule is CC(=O)Nc1ccc(N2C(=O)CC(N(CCc3ccc(S(N)(=O)=O)cc3)C(=O)c3ccc(Cl)c([N+](=O)[O-])c3)C2=O)cc1. The number of nitrogens with one attached hydrogen (secondary N) is 1. The number of nitrogens with two attached hydrogens (primary N) is 1. The third-order valence-corrected chi connectivity index (χ3v) is 7.74. The van der Waals surface area contributed by atoms with E-state index in [0.29, 0.717) is 11.3 Å². The summed E-state index contributed by atoms with van der Waals surface area (Å²) in [5.74, 6) is -2.31. The van der Waals surface area contributed by atoms with Gasteiger partial charge in [-0.2, -0.15) is 0 Å². The van der Waals surface area contributed by atoms with Crippen molar-refractivity contribution in [2.24, 2.45) is 5.14 Å². The molecule has 15 heteroatoms. The molecule has 1 saturated heterocycles. The number of nitro groups is 1. The average Bonchev–Trinajstić information content (AvgIpc) is 3.22. The predicted molar refractivity (Wildman–Crippen MR) is 152 cm³/mol. The second-order valence-electron chi connectivity index (χ2n) is 9.38. The van der Waals surface area contributed by atoms with E-state index < -0.39 is 44.4 Å². The molecule has 0 aliphatic carbocycles. The number of rotatable bonds is 9. The summed E-state index contributed by atoms with van der Waals surface area (Å²) in [4.78, 5) is 64.3. The zero-order chi connectivity index (χ0) is 30.8. The van der Waals surface area contributed by atoms with Gasteiger partial charge in [-0.05, 0) is 60.5 Å². The highest BCUT2D eigenvalue weighted by molar-refractivity contribution is 7.89. The summed E-state index contributed by atoms with van der Waals surface area (Å²) >= 11 is 5.91. The maximum atomic E-state index is 13.7. The van der Waals surface area contributed by atoms with Crippen LogP contribution in [0.1, 0.15) is 29.3 Å². The molecule has 1 aliphatic heterocycles. The molecule has 218 valence electrons. The number of nitrogens with zero attached hydrogens (tertiary/aromatic N) is 3. The monoisotopic (exact) mass is 613 g/mol. The van der Waals surface area contributed by atoms with E-state index in [1.165, 1.54) is 67.6 Å². The molecular formula is C27H24ClN5O8S. The first-order valence-electron chi connectivity index (χ1n) is 12.4. The van der Waals surface area contributed by atoms with Gasteiger partial charge in [0, 0.05) is 30.8 Å². The molecule has 0 radical (unpaired) electrons. The normalized spacial score (nSPS) is 15.0. The molecule has 1 atom stereocenters. The fourth-order valence-corrected chi connectivity index (χ4v) is 5.18. The van der Waals surface area contributed by atoms with Gasteiger partial charge in [0.15, 0.2) is 0 Å². The van der Waals surface area contributed by atoms with Gasteiger partial charge < -0.3 is 10.2 Å². The first-order valence-corrected chi connectivity index (χ1v) is 14.3. The molecule has 0 aromatic heterocycles. The van der Waals surface area contributed by atoms with Crippen molar-refractivity contribution >= 4 is 62.3 Å². The van der Waals surface area contributed by atoms with Crippen molar-refractivity contribution in [3.8, 4) is 0 Å². The number of amides is 4. The second-order valence-corrected chi connectivity index (χ2v) is 11.3. The molecule has 13 nitrogen and oxygen atoms in total. The number of nitro benzene ring substituents is 1. The number of imide groups is 1. The van der Waals surface area contributed by atoms with Crippen molar-refractivity contribution in [3.05, 3.63) is 93.0 Å². The second kappa shape index (κ2) is 12.1. The van der Waals surface area contributed by atoms with Crippen LogP contribution in [-0.4, -0.2) is 54.5 Å². The summed E-state index contributed by atoms with van der Waals surface area (Å²) in [5.41, 5.74) is 0.667. The van der Waals surface area contributed by atoms with Crippen LogP contribution in [0.25, 0.3) is 0 Å². The molecule has 1 heterocycles. The number of sulfonamides is 1. The topological polar surface area (TPSA) is 190 Å². The van der Waals surface area contributed by atoms with E-state index in [1.54, 1.807) is 0 Å². The van der Waals surface area contributed by atoms with Crippen LogP contribution in [-0.2, 0) is 30.8 Å². The van der Waals surface area contributed by atoms with Gasteiger partial charge in [0.25, 0.3) is 17.5 Å². The van der Waals surface area contributed by atoms with E-state index >= 15 is 0 Å². The highest BCUT2D eigenvalue weighted by Crippen LogP contribution is 2.30. The van der Waals surface area contributed by atoms with E-state index in [-0.39, 0.29) is 46.5 Å². The van der Waals surface area contributed by atoms with Crippen molar-refractivity contribution < 1.29 is 32.5 Å². The van der Waals surface area contributed by atoms with Gasteiger partial charge in [0.05, 0.1) is 21.9 Å². The smallest absolute Gasteiger partial charge is 0.288 e. The van der Waals surface area contributed by atoms with Crippen LogP contribution in [0, 0.1) is 10.1 Å². The highest BCUT2D eigenvalue weighted by Gasteiger charge is 2.44. The van der Waals surface area contributed by atoms with Crippen LogP contribution in [0.4, 0.5) is 17.1 Å². The zero-order valence-electron chi connectivity index (χ0n) is 22.0. The lowest BCUT2D eigenvalue weighted by atomic mass is 10.1. The lowest BCUT2D eigenvalue weighted by molar-refractivity contribution is -0.384. The van der Waals surface area contributed by atoms with E-state index in [2.05, 4.69) is 5.32 Å². The molecule has 3 aromatic rings. The highest BCUT2D eigenvalue weighted by atomic mass is 35.5. The first kappa shape index (κ1) is 30.3. The molecule has 0 spiro atoms. The Hall–Kier alpha value is -4.66. The van der Waals surface area contributed by atoms with Crippen LogP contribution < -0.4 is 15.4 Å². The maximum Gasteiger partial charge on any atom is 0.288 e. The third kappa shape index (κ3) is 6.62. The number of hydrogen-bond acceptors (Lipinski definition) is 8. The quantitative estimate of drug-likeness (QED) is 0.209. The molecule has 1 aliphatic rings. The Kier molecular flexibility index (Phi) is 8.70. The largest absolute Gasteiger partial charge is 0.326 e. The lowest BCUT2D eigenvalue weighted by Gasteiger charge is -2.28. The van der Waals surface area contributed by atoms with Crippen molar-refractivity contribution in [2.45, 2.75) is 30.7 Å². The number of carbonyl (C=O) groups excluding carboxylic acids is 4. The summed E-state index contributed by atoms with van der Waals surface area (Å²) in [6, 6.07) is 13.8. The summed E-state index contributed by atoms with van der Waals surface area (Å²) in [6.07, 6.45) is -0.201. The Morgan fingerprint density at radius 3 is 2.31 bits per heavy atom. The van der Waals surface area contributed by atoms with Gasteiger partial charge >= 0.3 is 0 Å². The Morgan fingerprint density at radius 2 is 1.74 bits per heavy atom. The van der Waals surface area contributed by atoms with Crippen LogP contribution in [0.5, 0.6) is 0 Å². The summed E-state index contributed by atoms with van der Waals surface area (Å²) in [6.45, 7) is 1.24. The van der Waals surface area contributed by atoms with Gasteiger partial charge in [0.2, 0.25) is 21.8 Å². The maximum absolute atomic E-state index is 13.7. The molecule has 0 saturated carbocycles. The number of halogens is 1. The van der Waals surface area contributed by atoms with E-state index in [0.717, 1.165) is 15.9 Å². The minimum absolute atomic E-state index is 0.0943. The van der Waals surface area contributed by atoms with Crippen molar-refractivity contribution in [1.29, 1.82) is 0 Å². The van der Waals surface area contributed by atoms with Gasteiger partial charge in [-0.15, -0.1) is 0 Å². The molecule has 1 fully saturated rings. The number of benzene rings is 3. The van der Waals surface area contributed by atoms with Gasteiger partial charge in [-0.3, -0.25) is 29.3 Å². The van der Waals surface area contributed by atoms with Crippen molar-refractivity contribution in [3.63, 3.8) is 0 Å².